The van der Waals surface area contributed by atoms with Crippen LogP contribution in [-0.2, 0) is 16.8 Å². The summed E-state index contributed by atoms with van der Waals surface area (Å²) in [5.74, 6) is 1.78. The lowest BCUT2D eigenvalue weighted by atomic mass is 9.61. The molecule has 1 aliphatic heterocycles. The van der Waals surface area contributed by atoms with Crippen molar-refractivity contribution < 1.29 is 14.6 Å². The number of guanidine groups is 1. The number of hydrogen-bond acceptors (Lipinski definition) is 5. The molecule has 1 atom stereocenters. The fraction of sp³-hybridized carbons (Fsp3) is 0.652. The van der Waals surface area contributed by atoms with E-state index in [4.69, 9.17) is 15.5 Å². The highest BCUT2D eigenvalue weighted by Gasteiger charge is 2.66. The first kappa shape index (κ1) is 18.9. The molecule has 0 saturated heterocycles. The summed E-state index contributed by atoms with van der Waals surface area (Å²) in [4.78, 5) is 20.5. The Bertz CT molecular complexity index is 868. The molecule has 0 radical (unpaired) electrons. The van der Waals surface area contributed by atoms with Gasteiger partial charge in [-0.1, -0.05) is 6.07 Å². The molecule has 2 fully saturated rings. The normalized spacial score (nSPS) is 33.7. The quantitative estimate of drug-likeness (QED) is 0.818. The van der Waals surface area contributed by atoms with Gasteiger partial charge in [-0.3, -0.25) is 9.69 Å². The first-order chi connectivity index (χ1) is 13.9. The van der Waals surface area contributed by atoms with Gasteiger partial charge >= 0.3 is 0 Å². The number of nitrogens with two attached hydrogens (primary N) is 1. The van der Waals surface area contributed by atoms with Crippen LogP contribution in [0.3, 0.4) is 0 Å². The van der Waals surface area contributed by atoms with E-state index in [-0.39, 0.29) is 23.5 Å². The summed E-state index contributed by atoms with van der Waals surface area (Å²) >= 11 is 0. The van der Waals surface area contributed by atoms with E-state index >= 15 is 0 Å². The van der Waals surface area contributed by atoms with E-state index in [9.17, 15) is 9.90 Å². The van der Waals surface area contributed by atoms with E-state index in [1.165, 1.54) is 12.8 Å². The minimum Gasteiger partial charge on any atom is -0.493 e. The van der Waals surface area contributed by atoms with Crippen LogP contribution in [0.1, 0.15) is 63.5 Å². The summed E-state index contributed by atoms with van der Waals surface area (Å²) < 4.78 is 6.04. The van der Waals surface area contributed by atoms with Crippen LogP contribution in [0.4, 0.5) is 0 Å². The zero-order valence-electron chi connectivity index (χ0n) is 17.4. The number of aliphatic hydroxyl groups excluding tert-OH is 1. The summed E-state index contributed by atoms with van der Waals surface area (Å²) in [6, 6.07) is 6.12. The number of hydrogen-bond donors (Lipinski definition) is 2. The molecule has 3 aliphatic carbocycles. The number of aliphatic hydroxyl groups is 1. The molecule has 0 bridgehead atoms. The number of ether oxygens (including phenoxy) is 1. The van der Waals surface area contributed by atoms with Gasteiger partial charge in [0.25, 0.3) is 5.91 Å². The number of carbonyl (C=O) groups excluding carboxylic acids is 1. The van der Waals surface area contributed by atoms with Gasteiger partial charge < -0.3 is 15.6 Å². The fourth-order valence-electron chi connectivity index (χ4n) is 5.68. The molecule has 1 heterocycles. The van der Waals surface area contributed by atoms with Crippen molar-refractivity contribution in [3.63, 3.8) is 0 Å². The number of rotatable bonds is 4. The van der Waals surface area contributed by atoms with Crippen LogP contribution in [0.2, 0.25) is 0 Å². The highest BCUT2D eigenvalue weighted by atomic mass is 16.5. The minimum atomic E-state index is -0.990. The Labute approximate surface area is 172 Å². The topological polar surface area (TPSA) is 88.2 Å². The molecule has 0 aromatic heterocycles. The highest BCUT2D eigenvalue weighted by molar-refractivity contribution is 6.08. The number of fused-ring (bicyclic) bond motifs is 3. The van der Waals surface area contributed by atoms with Crippen LogP contribution in [0, 0.1) is 11.3 Å². The standard InChI is InChI=1S/C23H31N3O3/c1-14(2)26-20(28)23(25-21(26)24)19-11-18(29-13-15-3-4-15)6-5-16(19)12-22(23)9-7-17(27)8-10-22/h5-6,11,14-15,17,27H,3-4,7-10,12-13H2,1-2H3,(H2,24,25). The minimum absolute atomic E-state index is 0.0144. The van der Waals surface area contributed by atoms with E-state index in [2.05, 4.69) is 6.07 Å². The van der Waals surface area contributed by atoms with Crippen molar-refractivity contribution in [2.24, 2.45) is 22.1 Å². The molecule has 1 aromatic rings. The number of carbonyl (C=O) groups is 1. The molecule has 1 unspecified atom stereocenters. The van der Waals surface area contributed by atoms with Gasteiger partial charge in [-0.2, -0.15) is 0 Å². The monoisotopic (exact) mass is 397 g/mol. The van der Waals surface area contributed by atoms with Crippen LogP contribution in [-0.4, -0.2) is 40.6 Å². The molecule has 1 amide bonds. The molecular formula is C23H31N3O3. The second-order valence-electron chi connectivity index (χ2n) is 9.71. The Balaban J connectivity index is 1.61. The number of benzene rings is 1. The fourth-order valence-corrected chi connectivity index (χ4v) is 5.68. The largest absolute Gasteiger partial charge is 0.493 e. The summed E-state index contributed by atoms with van der Waals surface area (Å²) in [6.07, 6.45) is 5.93. The Kier molecular flexibility index (Phi) is 4.21. The van der Waals surface area contributed by atoms with E-state index in [1.807, 2.05) is 26.0 Å². The highest BCUT2D eigenvalue weighted by Crippen LogP contribution is 2.62. The second-order valence-corrected chi connectivity index (χ2v) is 9.71. The van der Waals surface area contributed by atoms with Crippen LogP contribution in [0.25, 0.3) is 0 Å². The SMILES string of the molecule is CC(C)N1C(=O)C2(N=C1N)c1cc(OCC3CC3)ccc1CC21CCC(O)CC1. The molecule has 4 aliphatic rings. The third-order valence-corrected chi connectivity index (χ3v) is 7.44. The van der Waals surface area contributed by atoms with E-state index < -0.39 is 5.54 Å². The summed E-state index contributed by atoms with van der Waals surface area (Å²) in [6.45, 7) is 4.68. The summed E-state index contributed by atoms with van der Waals surface area (Å²) in [5.41, 5.74) is 7.12. The number of amides is 1. The van der Waals surface area contributed by atoms with Crippen molar-refractivity contribution >= 4 is 11.9 Å². The van der Waals surface area contributed by atoms with Gasteiger partial charge in [0.05, 0.1) is 12.7 Å². The van der Waals surface area contributed by atoms with Gasteiger partial charge in [0, 0.05) is 11.5 Å². The average Bonchev–Trinajstić information content (AvgIpc) is 3.42. The van der Waals surface area contributed by atoms with Gasteiger partial charge in [0.15, 0.2) is 11.5 Å². The maximum absolute atomic E-state index is 13.9. The maximum Gasteiger partial charge on any atom is 0.262 e. The average molecular weight is 398 g/mol. The molecule has 6 heteroatoms. The Morgan fingerprint density at radius 2 is 2.00 bits per heavy atom. The van der Waals surface area contributed by atoms with Crippen LogP contribution < -0.4 is 10.5 Å². The molecule has 156 valence electrons. The van der Waals surface area contributed by atoms with Crippen LogP contribution in [0.15, 0.2) is 23.2 Å². The van der Waals surface area contributed by atoms with Crippen molar-refractivity contribution in [3.05, 3.63) is 29.3 Å². The van der Waals surface area contributed by atoms with E-state index in [0.29, 0.717) is 24.7 Å². The lowest BCUT2D eigenvalue weighted by Crippen LogP contribution is -2.53. The van der Waals surface area contributed by atoms with Crippen LogP contribution in [0.5, 0.6) is 5.75 Å². The molecular weight excluding hydrogens is 366 g/mol. The lowest BCUT2D eigenvalue weighted by molar-refractivity contribution is -0.139. The van der Waals surface area contributed by atoms with Crippen molar-refractivity contribution in [3.8, 4) is 5.75 Å². The molecule has 3 N–H and O–H groups in total. The predicted octanol–water partition coefficient (Wildman–Crippen LogP) is 2.71. The Morgan fingerprint density at radius 3 is 2.62 bits per heavy atom. The molecule has 1 aromatic carbocycles. The summed E-state index contributed by atoms with van der Waals surface area (Å²) in [7, 11) is 0. The zero-order chi connectivity index (χ0) is 20.4. The van der Waals surface area contributed by atoms with Crippen molar-refractivity contribution in [2.75, 3.05) is 6.61 Å². The molecule has 2 spiro atoms. The van der Waals surface area contributed by atoms with E-state index in [1.54, 1.807) is 4.90 Å². The first-order valence-corrected chi connectivity index (χ1v) is 11.0. The van der Waals surface area contributed by atoms with Crippen molar-refractivity contribution in [2.45, 2.75) is 76.5 Å². The smallest absolute Gasteiger partial charge is 0.262 e. The second kappa shape index (κ2) is 6.46. The third kappa shape index (κ3) is 2.71. The maximum atomic E-state index is 13.9. The molecule has 5 rings (SSSR count). The van der Waals surface area contributed by atoms with Crippen molar-refractivity contribution in [1.82, 2.24) is 4.90 Å². The Hall–Kier alpha value is -2.08. The number of nitrogens with zero attached hydrogens (tertiary/aromatic N) is 2. The molecule has 2 saturated carbocycles. The van der Waals surface area contributed by atoms with Gasteiger partial charge in [-0.15, -0.1) is 0 Å². The van der Waals surface area contributed by atoms with Gasteiger partial charge in [0.1, 0.15) is 5.75 Å². The molecule has 29 heavy (non-hydrogen) atoms. The van der Waals surface area contributed by atoms with Gasteiger partial charge in [0.2, 0.25) is 0 Å². The third-order valence-electron chi connectivity index (χ3n) is 7.44. The zero-order valence-corrected chi connectivity index (χ0v) is 17.4. The number of aliphatic imine (C=N–C) groups is 1. The van der Waals surface area contributed by atoms with Crippen molar-refractivity contribution in [1.29, 1.82) is 0 Å². The first-order valence-electron chi connectivity index (χ1n) is 11.0. The predicted molar refractivity (Wildman–Crippen MR) is 111 cm³/mol. The lowest BCUT2D eigenvalue weighted by Gasteiger charge is -2.44. The van der Waals surface area contributed by atoms with Crippen LogP contribution >= 0.6 is 0 Å². The molecule has 6 nitrogen and oxygen atoms in total. The summed E-state index contributed by atoms with van der Waals surface area (Å²) in [5, 5.41) is 10.2. The van der Waals surface area contributed by atoms with Gasteiger partial charge in [-0.25, -0.2) is 4.99 Å². The Morgan fingerprint density at radius 1 is 1.28 bits per heavy atom. The van der Waals surface area contributed by atoms with E-state index in [0.717, 1.165) is 42.7 Å². The van der Waals surface area contributed by atoms with Gasteiger partial charge in [-0.05, 0) is 88.0 Å².